The molecule has 0 unspecified atom stereocenters. The van der Waals surface area contributed by atoms with Crippen molar-refractivity contribution in [3.63, 3.8) is 0 Å². The Morgan fingerprint density at radius 3 is 2.35 bits per heavy atom. The fourth-order valence-corrected chi connectivity index (χ4v) is 4.35. The smallest absolute Gasteiger partial charge is 0.243 e. The highest BCUT2D eigenvalue weighted by Crippen LogP contribution is 2.21. The van der Waals surface area contributed by atoms with Crippen LogP contribution in [0.3, 0.4) is 0 Å². The number of nitrogens with zero attached hydrogens (tertiary/aromatic N) is 2. The molecule has 0 atom stereocenters. The van der Waals surface area contributed by atoms with Gasteiger partial charge in [0.15, 0.2) is 5.96 Å². The first-order valence-electron chi connectivity index (χ1n) is 9.54. The Balaban J connectivity index is 2.02. The Morgan fingerprint density at radius 1 is 1.12 bits per heavy atom. The first kappa shape index (κ1) is 20.7. The summed E-state index contributed by atoms with van der Waals surface area (Å²) in [5.41, 5.74) is 0.990. The van der Waals surface area contributed by atoms with E-state index < -0.39 is 10.0 Å². The SMILES string of the molecule is CCNC(=NCc1ccc(S(=O)(=O)N2CCCCC2)cc1)NCC(C)C. The molecule has 0 aliphatic carbocycles. The fraction of sp³-hybridized carbons (Fsp3) is 0.632. The highest BCUT2D eigenvalue weighted by Gasteiger charge is 2.25. The number of sulfonamides is 1. The first-order chi connectivity index (χ1) is 12.4. The summed E-state index contributed by atoms with van der Waals surface area (Å²) < 4.78 is 27.0. The third-order valence-electron chi connectivity index (χ3n) is 4.32. The second-order valence-electron chi connectivity index (χ2n) is 7.08. The predicted molar refractivity (Wildman–Crippen MR) is 107 cm³/mol. The molecule has 1 fully saturated rings. The molecule has 0 spiro atoms. The zero-order valence-corrected chi connectivity index (χ0v) is 17.0. The van der Waals surface area contributed by atoms with E-state index in [0.717, 1.165) is 43.9 Å². The molecule has 1 heterocycles. The summed E-state index contributed by atoms with van der Waals surface area (Å²) >= 11 is 0. The molecule has 2 rings (SSSR count). The van der Waals surface area contributed by atoms with Crippen LogP contribution in [0, 0.1) is 5.92 Å². The fourth-order valence-electron chi connectivity index (χ4n) is 2.83. The van der Waals surface area contributed by atoms with Gasteiger partial charge in [-0.05, 0) is 43.4 Å². The molecule has 0 radical (unpaired) electrons. The van der Waals surface area contributed by atoms with Crippen LogP contribution >= 0.6 is 0 Å². The van der Waals surface area contributed by atoms with Gasteiger partial charge in [0.2, 0.25) is 10.0 Å². The van der Waals surface area contributed by atoms with Crippen molar-refractivity contribution in [2.75, 3.05) is 26.2 Å². The molecule has 6 nitrogen and oxygen atoms in total. The Labute approximate surface area is 158 Å². The first-order valence-corrected chi connectivity index (χ1v) is 11.0. The number of nitrogens with one attached hydrogen (secondary N) is 2. The maximum absolute atomic E-state index is 12.7. The number of benzene rings is 1. The second kappa shape index (κ2) is 9.92. The molecule has 1 aromatic carbocycles. The summed E-state index contributed by atoms with van der Waals surface area (Å²) in [7, 11) is -3.36. The normalized spacial score (nSPS) is 16.7. The number of guanidine groups is 1. The Kier molecular flexibility index (Phi) is 7.90. The summed E-state index contributed by atoms with van der Waals surface area (Å²) in [4.78, 5) is 4.94. The van der Waals surface area contributed by atoms with Crippen LogP contribution in [0.25, 0.3) is 0 Å². The van der Waals surface area contributed by atoms with Crippen molar-refractivity contribution in [3.05, 3.63) is 29.8 Å². The predicted octanol–water partition coefficient (Wildman–Crippen LogP) is 2.57. The lowest BCUT2D eigenvalue weighted by Crippen LogP contribution is -2.39. The van der Waals surface area contributed by atoms with E-state index >= 15 is 0 Å². The van der Waals surface area contributed by atoms with E-state index in [1.165, 1.54) is 0 Å². The number of aliphatic imine (C=N–C) groups is 1. The highest BCUT2D eigenvalue weighted by molar-refractivity contribution is 7.89. The van der Waals surface area contributed by atoms with Crippen LogP contribution in [0.2, 0.25) is 0 Å². The molecule has 2 N–H and O–H groups in total. The molecule has 1 aliphatic rings. The van der Waals surface area contributed by atoms with Crippen molar-refractivity contribution in [1.82, 2.24) is 14.9 Å². The van der Waals surface area contributed by atoms with Crippen molar-refractivity contribution in [2.45, 2.75) is 51.5 Å². The summed E-state index contributed by atoms with van der Waals surface area (Å²) in [5.74, 6) is 1.32. The minimum absolute atomic E-state index is 0.372. The molecule has 146 valence electrons. The van der Waals surface area contributed by atoms with Crippen LogP contribution in [0.1, 0.15) is 45.6 Å². The number of hydrogen-bond donors (Lipinski definition) is 2. The van der Waals surface area contributed by atoms with E-state index in [1.54, 1.807) is 16.4 Å². The van der Waals surface area contributed by atoms with Gasteiger partial charge in [0.05, 0.1) is 11.4 Å². The molecule has 7 heteroatoms. The van der Waals surface area contributed by atoms with Crippen LogP contribution in [-0.4, -0.2) is 44.9 Å². The van der Waals surface area contributed by atoms with Crippen LogP contribution in [0.15, 0.2) is 34.2 Å². The van der Waals surface area contributed by atoms with E-state index in [9.17, 15) is 8.42 Å². The lowest BCUT2D eigenvalue weighted by Gasteiger charge is -2.25. The Bertz CT molecular complexity index is 678. The summed E-state index contributed by atoms with van der Waals surface area (Å²) in [6.07, 6.45) is 3.01. The van der Waals surface area contributed by atoms with Gasteiger partial charge in [0.25, 0.3) is 0 Å². The summed E-state index contributed by atoms with van der Waals surface area (Å²) in [5, 5.41) is 6.53. The van der Waals surface area contributed by atoms with Crippen LogP contribution in [-0.2, 0) is 16.6 Å². The monoisotopic (exact) mass is 380 g/mol. The summed E-state index contributed by atoms with van der Waals surface area (Å²) in [6.45, 7) is 9.76. The van der Waals surface area contributed by atoms with E-state index in [-0.39, 0.29) is 0 Å². The zero-order chi connectivity index (χ0) is 19.0. The van der Waals surface area contributed by atoms with Crippen LogP contribution in [0.5, 0.6) is 0 Å². The van der Waals surface area contributed by atoms with Gasteiger partial charge in [0.1, 0.15) is 0 Å². The van der Waals surface area contributed by atoms with E-state index in [2.05, 4.69) is 29.5 Å². The second-order valence-corrected chi connectivity index (χ2v) is 9.02. The lowest BCUT2D eigenvalue weighted by atomic mass is 10.2. The Hall–Kier alpha value is -1.60. The van der Waals surface area contributed by atoms with Gasteiger partial charge in [0, 0.05) is 26.2 Å². The quantitative estimate of drug-likeness (QED) is 0.563. The van der Waals surface area contributed by atoms with E-state index in [1.807, 2.05) is 19.1 Å². The van der Waals surface area contributed by atoms with Gasteiger partial charge in [-0.15, -0.1) is 0 Å². The maximum Gasteiger partial charge on any atom is 0.243 e. The van der Waals surface area contributed by atoms with Gasteiger partial charge < -0.3 is 10.6 Å². The van der Waals surface area contributed by atoms with Crippen molar-refractivity contribution in [3.8, 4) is 0 Å². The van der Waals surface area contributed by atoms with Gasteiger partial charge >= 0.3 is 0 Å². The molecule has 1 saturated heterocycles. The third kappa shape index (κ3) is 5.99. The van der Waals surface area contributed by atoms with E-state index in [0.29, 0.717) is 30.4 Å². The lowest BCUT2D eigenvalue weighted by molar-refractivity contribution is 0.346. The molecule has 0 aromatic heterocycles. The van der Waals surface area contributed by atoms with Crippen molar-refractivity contribution < 1.29 is 8.42 Å². The number of rotatable bonds is 7. The molecule has 0 saturated carbocycles. The zero-order valence-electron chi connectivity index (χ0n) is 16.2. The minimum atomic E-state index is -3.36. The Morgan fingerprint density at radius 2 is 1.77 bits per heavy atom. The van der Waals surface area contributed by atoms with Crippen molar-refractivity contribution >= 4 is 16.0 Å². The standard InChI is InChI=1S/C19H32N4O2S/c1-4-20-19(21-14-16(2)3)22-15-17-8-10-18(11-9-17)26(24,25)23-12-6-5-7-13-23/h8-11,16H,4-7,12-15H2,1-3H3,(H2,20,21,22). The molecular weight excluding hydrogens is 348 g/mol. The molecule has 0 bridgehead atoms. The average molecular weight is 381 g/mol. The highest BCUT2D eigenvalue weighted by atomic mass is 32.2. The van der Waals surface area contributed by atoms with Gasteiger partial charge in [-0.25, -0.2) is 13.4 Å². The molecular formula is C19H32N4O2S. The van der Waals surface area contributed by atoms with Crippen molar-refractivity contribution in [1.29, 1.82) is 0 Å². The maximum atomic E-state index is 12.7. The van der Waals surface area contributed by atoms with Crippen LogP contribution < -0.4 is 10.6 Å². The molecule has 1 aliphatic heterocycles. The number of piperidine rings is 1. The largest absolute Gasteiger partial charge is 0.357 e. The minimum Gasteiger partial charge on any atom is -0.357 e. The van der Waals surface area contributed by atoms with Crippen molar-refractivity contribution in [2.24, 2.45) is 10.9 Å². The summed E-state index contributed by atoms with van der Waals surface area (Å²) in [6, 6.07) is 7.10. The van der Waals surface area contributed by atoms with Gasteiger partial charge in [-0.2, -0.15) is 4.31 Å². The topological polar surface area (TPSA) is 73.8 Å². The molecule has 0 amide bonds. The third-order valence-corrected chi connectivity index (χ3v) is 6.23. The van der Waals surface area contributed by atoms with E-state index in [4.69, 9.17) is 0 Å². The average Bonchev–Trinajstić information content (AvgIpc) is 2.65. The van der Waals surface area contributed by atoms with Crippen LogP contribution in [0.4, 0.5) is 0 Å². The number of hydrogen-bond acceptors (Lipinski definition) is 3. The molecule has 26 heavy (non-hydrogen) atoms. The van der Waals surface area contributed by atoms with Gasteiger partial charge in [-0.1, -0.05) is 32.4 Å². The molecule has 1 aromatic rings. The van der Waals surface area contributed by atoms with Gasteiger partial charge in [-0.3, -0.25) is 0 Å².